The van der Waals surface area contributed by atoms with Crippen molar-refractivity contribution in [1.82, 2.24) is 0 Å². The van der Waals surface area contributed by atoms with Crippen LogP contribution < -0.4 is 9.47 Å². The molecule has 1 aromatic heterocycles. The van der Waals surface area contributed by atoms with E-state index in [0.29, 0.717) is 17.1 Å². The van der Waals surface area contributed by atoms with Crippen molar-refractivity contribution in [3.8, 4) is 11.5 Å². The summed E-state index contributed by atoms with van der Waals surface area (Å²) in [4.78, 5) is 23.0. The van der Waals surface area contributed by atoms with E-state index in [4.69, 9.17) is 13.9 Å². The maximum atomic E-state index is 11.7. The molecular weight excluding hydrogens is 260 g/mol. The fourth-order valence-corrected chi connectivity index (χ4v) is 1.66. The number of carbonyl (C=O) groups excluding carboxylic acids is 2. The van der Waals surface area contributed by atoms with Gasteiger partial charge in [-0.05, 0) is 37.3 Å². The number of benzene rings is 1. The molecule has 5 heteroatoms. The molecule has 0 aliphatic carbocycles. The number of methoxy groups -OCH3 is 1. The van der Waals surface area contributed by atoms with E-state index in [1.54, 1.807) is 30.3 Å². The highest BCUT2D eigenvalue weighted by Gasteiger charge is 2.13. The zero-order chi connectivity index (χ0) is 14.5. The third-order valence-electron chi connectivity index (χ3n) is 2.72. The van der Waals surface area contributed by atoms with E-state index >= 15 is 0 Å². The van der Waals surface area contributed by atoms with Gasteiger partial charge in [0.2, 0.25) is 5.78 Å². The minimum absolute atomic E-state index is 0.0680. The van der Waals surface area contributed by atoms with Gasteiger partial charge in [-0.25, -0.2) is 0 Å². The second-order valence-corrected chi connectivity index (χ2v) is 4.11. The summed E-state index contributed by atoms with van der Waals surface area (Å²) in [6.07, 6.45) is 1.43. The van der Waals surface area contributed by atoms with Crippen molar-refractivity contribution in [2.45, 2.75) is 6.92 Å². The average Bonchev–Trinajstić information content (AvgIpc) is 2.98. The van der Waals surface area contributed by atoms with Crippen LogP contribution in [0, 0.1) is 0 Å². The fraction of sp³-hybridized carbons (Fsp3) is 0.200. The first-order valence-corrected chi connectivity index (χ1v) is 6.00. The third-order valence-corrected chi connectivity index (χ3v) is 2.72. The number of ether oxygens (including phenoxy) is 2. The molecule has 0 fully saturated rings. The van der Waals surface area contributed by atoms with Crippen molar-refractivity contribution >= 4 is 11.6 Å². The largest absolute Gasteiger partial charge is 0.493 e. The monoisotopic (exact) mass is 274 g/mol. The van der Waals surface area contributed by atoms with Crippen molar-refractivity contribution in [1.29, 1.82) is 0 Å². The molecule has 0 atom stereocenters. The van der Waals surface area contributed by atoms with Crippen molar-refractivity contribution in [3.63, 3.8) is 0 Å². The van der Waals surface area contributed by atoms with E-state index in [-0.39, 0.29) is 23.9 Å². The molecule has 20 heavy (non-hydrogen) atoms. The molecule has 0 radical (unpaired) electrons. The van der Waals surface area contributed by atoms with Gasteiger partial charge in [-0.2, -0.15) is 0 Å². The molecule has 0 N–H and O–H groups in total. The number of ketones is 2. The van der Waals surface area contributed by atoms with E-state index in [0.717, 1.165) is 0 Å². The molecule has 0 saturated carbocycles. The lowest BCUT2D eigenvalue weighted by Gasteiger charge is -2.10. The smallest absolute Gasteiger partial charge is 0.235 e. The lowest BCUT2D eigenvalue weighted by molar-refractivity contribution is 0.0891. The Labute approximate surface area is 116 Å². The van der Waals surface area contributed by atoms with Gasteiger partial charge in [-0.3, -0.25) is 9.59 Å². The summed E-state index contributed by atoms with van der Waals surface area (Å²) in [5.74, 6) is 0.709. The van der Waals surface area contributed by atoms with Gasteiger partial charge >= 0.3 is 0 Å². The van der Waals surface area contributed by atoms with Gasteiger partial charge in [0.1, 0.15) is 0 Å². The van der Waals surface area contributed by atoms with Crippen LogP contribution in [0.2, 0.25) is 0 Å². The lowest BCUT2D eigenvalue weighted by atomic mass is 10.1. The Morgan fingerprint density at radius 2 is 2.00 bits per heavy atom. The van der Waals surface area contributed by atoms with Gasteiger partial charge in [0.15, 0.2) is 29.6 Å². The minimum Gasteiger partial charge on any atom is -0.493 e. The Hall–Kier alpha value is -2.56. The van der Waals surface area contributed by atoms with E-state index in [2.05, 4.69) is 0 Å². The summed E-state index contributed by atoms with van der Waals surface area (Å²) in [7, 11) is 1.47. The second kappa shape index (κ2) is 6.06. The van der Waals surface area contributed by atoms with Crippen LogP contribution in [-0.4, -0.2) is 25.3 Å². The Balaban J connectivity index is 2.09. The molecule has 2 aromatic rings. The van der Waals surface area contributed by atoms with Gasteiger partial charge in [0.25, 0.3) is 0 Å². The average molecular weight is 274 g/mol. The number of Topliss-reactive ketones (excluding diaryl/α,β-unsaturated/α-hetero) is 2. The Morgan fingerprint density at radius 1 is 1.20 bits per heavy atom. The van der Waals surface area contributed by atoms with Gasteiger partial charge in [0.05, 0.1) is 13.4 Å². The molecule has 104 valence electrons. The standard InChI is InChI=1S/C15H14O5/c1-10(16)11-5-6-14(15(8-11)18-2)20-9-12(17)13-4-3-7-19-13/h3-8H,9H2,1-2H3. The molecule has 0 bridgehead atoms. The van der Waals surface area contributed by atoms with Crippen LogP contribution in [-0.2, 0) is 0 Å². The Kier molecular flexibility index (Phi) is 4.20. The first-order chi connectivity index (χ1) is 9.61. The number of hydrogen-bond acceptors (Lipinski definition) is 5. The maximum Gasteiger partial charge on any atom is 0.235 e. The summed E-state index contributed by atoms with van der Waals surface area (Å²) in [6.45, 7) is 1.30. The topological polar surface area (TPSA) is 65.7 Å². The highest BCUT2D eigenvalue weighted by atomic mass is 16.5. The van der Waals surface area contributed by atoms with Gasteiger partial charge in [0, 0.05) is 5.56 Å². The molecule has 0 amide bonds. The van der Waals surface area contributed by atoms with Crippen molar-refractivity contribution in [3.05, 3.63) is 47.9 Å². The van der Waals surface area contributed by atoms with Crippen LogP contribution >= 0.6 is 0 Å². The summed E-state index contributed by atoms with van der Waals surface area (Å²) in [6, 6.07) is 8.01. The lowest BCUT2D eigenvalue weighted by Crippen LogP contribution is -2.11. The highest BCUT2D eigenvalue weighted by Crippen LogP contribution is 2.28. The van der Waals surface area contributed by atoms with E-state index in [9.17, 15) is 9.59 Å². The Morgan fingerprint density at radius 3 is 2.60 bits per heavy atom. The van der Waals surface area contributed by atoms with Crippen LogP contribution in [0.5, 0.6) is 11.5 Å². The molecule has 0 unspecified atom stereocenters. The van der Waals surface area contributed by atoms with Crippen molar-refractivity contribution in [2.75, 3.05) is 13.7 Å². The summed E-state index contributed by atoms with van der Waals surface area (Å²) >= 11 is 0. The normalized spacial score (nSPS) is 10.1. The van der Waals surface area contributed by atoms with Crippen LogP contribution in [0.25, 0.3) is 0 Å². The van der Waals surface area contributed by atoms with Crippen LogP contribution in [0.15, 0.2) is 41.0 Å². The molecule has 0 aliphatic rings. The predicted octanol–water partition coefficient (Wildman–Crippen LogP) is 2.75. The molecule has 1 heterocycles. The van der Waals surface area contributed by atoms with Crippen molar-refractivity contribution < 1.29 is 23.5 Å². The van der Waals surface area contributed by atoms with Gasteiger partial charge < -0.3 is 13.9 Å². The number of carbonyl (C=O) groups is 2. The van der Waals surface area contributed by atoms with E-state index in [1.807, 2.05) is 0 Å². The molecule has 1 aromatic carbocycles. The quantitative estimate of drug-likeness (QED) is 0.758. The van der Waals surface area contributed by atoms with Crippen LogP contribution in [0.1, 0.15) is 27.8 Å². The van der Waals surface area contributed by atoms with E-state index in [1.165, 1.54) is 20.3 Å². The molecule has 2 rings (SSSR count). The van der Waals surface area contributed by atoms with Crippen LogP contribution in [0.4, 0.5) is 0 Å². The zero-order valence-corrected chi connectivity index (χ0v) is 11.2. The summed E-state index contributed by atoms with van der Waals surface area (Å²) in [5.41, 5.74) is 0.520. The first kappa shape index (κ1) is 13.9. The molecule has 5 nitrogen and oxygen atoms in total. The van der Waals surface area contributed by atoms with Gasteiger partial charge in [-0.1, -0.05) is 0 Å². The maximum absolute atomic E-state index is 11.7. The van der Waals surface area contributed by atoms with Crippen molar-refractivity contribution in [2.24, 2.45) is 0 Å². The zero-order valence-electron chi connectivity index (χ0n) is 11.2. The molecule has 0 saturated heterocycles. The second-order valence-electron chi connectivity index (χ2n) is 4.11. The molecule has 0 spiro atoms. The Bertz CT molecular complexity index is 613. The highest BCUT2D eigenvalue weighted by molar-refractivity contribution is 5.95. The summed E-state index contributed by atoms with van der Waals surface area (Å²) in [5, 5.41) is 0. The predicted molar refractivity (Wildman–Crippen MR) is 71.5 cm³/mol. The third kappa shape index (κ3) is 3.06. The summed E-state index contributed by atoms with van der Waals surface area (Å²) < 4.78 is 15.5. The van der Waals surface area contributed by atoms with Gasteiger partial charge in [-0.15, -0.1) is 0 Å². The number of hydrogen-bond donors (Lipinski definition) is 0. The van der Waals surface area contributed by atoms with E-state index < -0.39 is 0 Å². The first-order valence-electron chi connectivity index (χ1n) is 6.00. The number of furan rings is 1. The minimum atomic E-state index is -0.271. The fourth-order valence-electron chi connectivity index (χ4n) is 1.66. The van der Waals surface area contributed by atoms with Crippen LogP contribution in [0.3, 0.4) is 0 Å². The molecule has 0 aliphatic heterocycles. The number of rotatable bonds is 6. The molecular formula is C15H14O5. The SMILES string of the molecule is COc1cc(C(C)=O)ccc1OCC(=O)c1ccco1.